The van der Waals surface area contributed by atoms with E-state index in [0.717, 1.165) is 15.8 Å². The summed E-state index contributed by atoms with van der Waals surface area (Å²) < 4.78 is 15.3. The molecule has 0 aliphatic carbocycles. The number of pyridine rings is 1. The smallest absolute Gasteiger partial charge is 0.251 e. The van der Waals surface area contributed by atoms with E-state index in [0.29, 0.717) is 4.90 Å². The van der Waals surface area contributed by atoms with Crippen LogP contribution in [0.2, 0.25) is 0 Å². The lowest BCUT2D eigenvalue weighted by atomic mass is 10.2. The third kappa shape index (κ3) is 2.23. The number of hydrogen-bond donors (Lipinski definition) is 0. The highest BCUT2D eigenvalue weighted by Gasteiger charge is 2.09. The van der Waals surface area contributed by atoms with Gasteiger partial charge in [0, 0.05) is 28.3 Å². The van der Waals surface area contributed by atoms with Gasteiger partial charge in [0.1, 0.15) is 5.82 Å². The number of benzene rings is 2. The average Bonchev–Trinajstić information content (AvgIpc) is 2.47. The quantitative estimate of drug-likeness (QED) is 0.714. The number of hydrogen-bond acceptors (Lipinski definition) is 2. The summed E-state index contributed by atoms with van der Waals surface area (Å²) in [5, 5.41) is 0.947. The highest BCUT2D eigenvalue weighted by molar-refractivity contribution is 7.99. The summed E-state index contributed by atoms with van der Waals surface area (Å²) in [6.45, 7) is 0. The zero-order valence-corrected chi connectivity index (χ0v) is 11.7. The van der Waals surface area contributed by atoms with E-state index in [2.05, 4.69) is 0 Å². The molecule has 3 rings (SSSR count). The molecule has 20 heavy (non-hydrogen) atoms. The first-order valence-corrected chi connectivity index (χ1v) is 6.99. The van der Waals surface area contributed by atoms with Crippen molar-refractivity contribution in [3.8, 4) is 0 Å². The lowest BCUT2D eigenvalue weighted by Crippen LogP contribution is -2.16. The van der Waals surface area contributed by atoms with Crippen LogP contribution in [-0.4, -0.2) is 4.57 Å². The third-order valence-electron chi connectivity index (χ3n) is 3.17. The molecule has 0 fully saturated rings. The van der Waals surface area contributed by atoms with Gasteiger partial charge in [-0.3, -0.25) is 4.79 Å². The fourth-order valence-electron chi connectivity index (χ4n) is 2.11. The second-order valence-corrected chi connectivity index (χ2v) is 5.54. The van der Waals surface area contributed by atoms with Crippen LogP contribution >= 0.6 is 11.8 Å². The number of aryl methyl sites for hydroxylation is 1. The van der Waals surface area contributed by atoms with E-state index in [4.69, 9.17) is 0 Å². The van der Waals surface area contributed by atoms with E-state index in [9.17, 15) is 9.18 Å². The molecule has 2 nitrogen and oxygen atoms in total. The molecule has 0 amide bonds. The maximum absolute atomic E-state index is 13.8. The van der Waals surface area contributed by atoms with Gasteiger partial charge in [0.2, 0.25) is 0 Å². The minimum absolute atomic E-state index is 0.0949. The summed E-state index contributed by atoms with van der Waals surface area (Å²) >= 11 is 1.28. The van der Waals surface area contributed by atoms with Crippen LogP contribution in [0.1, 0.15) is 0 Å². The second kappa shape index (κ2) is 5.13. The normalized spacial score (nSPS) is 10.9. The van der Waals surface area contributed by atoms with Gasteiger partial charge >= 0.3 is 0 Å². The fraction of sp³-hybridized carbons (Fsp3) is 0.0625. The minimum Gasteiger partial charge on any atom is -0.311 e. The van der Waals surface area contributed by atoms with E-state index < -0.39 is 0 Å². The van der Waals surface area contributed by atoms with Gasteiger partial charge in [-0.1, -0.05) is 42.1 Å². The fourth-order valence-corrected chi connectivity index (χ4v) is 3.10. The molecule has 4 heteroatoms. The van der Waals surface area contributed by atoms with Crippen molar-refractivity contribution in [3.63, 3.8) is 0 Å². The van der Waals surface area contributed by atoms with Gasteiger partial charge in [-0.05, 0) is 18.2 Å². The number of rotatable bonds is 2. The Balaban J connectivity index is 2.20. The Hall–Kier alpha value is -2.07. The van der Waals surface area contributed by atoms with Crippen LogP contribution in [0.3, 0.4) is 0 Å². The van der Waals surface area contributed by atoms with E-state index in [1.165, 1.54) is 17.8 Å². The molecule has 2 aromatic carbocycles. The van der Waals surface area contributed by atoms with Crippen LogP contribution < -0.4 is 5.56 Å². The Labute approximate surface area is 119 Å². The van der Waals surface area contributed by atoms with Gasteiger partial charge in [-0.2, -0.15) is 0 Å². The SMILES string of the molecule is Cn1c(=O)cc(Sc2ccccc2F)c2ccccc21. The van der Waals surface area contributed by atoms with Crippen LogP contribution in [-0.2, 0) is 7.05 Å². The number of nitrogens with zero attached hydrogens (tertiary/aromatic N) is 1. The van der Waals surface area contributed by atoms with Gasteiger partial charge in [0.05, 0.1) is 5.52 Å². The van der Waals surface area contributed by atoms with E-state index in [1.807, 2.05) is 24.3 Å². The molecular formula is C16H12FNOS. The zero-order chi connectivity index (χ0) is 14.1. The summed E-state index contributed by atoms with van der Waals surface area (Å²) in [4.78, 5) is 13.3. The Bertz CT molecular complexity index is 841. The van der Waals surface area contributed by atoms with Crippen LogP contribution in [0.15, 0.2) is 69.2 Å². The number of fused-ring (bicyclic) bond motifs is 1. The van der Waals surface area contributed by atoms with Crippen molar-refractivity contribution in [2.75, 3.05) is 0 Å². The first kappa shape index (κ1) is 12.9. The maximum atomic E-state index is 13.8. The molecule has 0 saturated carbocycles. The molecule has 0 aliphatic rings. The molecule has 0 saturated heterocycles. The van der Waals surface area contributed by atoms with Crippen molar-refractivity contribution in [2.45, 2.75) is 9.79 Å². The van der Waals surface area contributed by atoms with Crippen molar-refractivity contribution in [1.29, 1.82) is 0 Å². The Morgan fingerprint density at radius 2 is 1.70 bits per heavy atom. The summed E-state index contributed by atoms with van der Waals surface area (Å²) in [5.41, 5.74) is 0.751. The van der Waals surface area contributed by atoms with Crippen molar-refractivity contribution < 1.29 is 4.39 Å². The molecule has 1 heterocycles. The van der Waals surface area contributed by atoms with Gasteiger partial charge in [0.25, 0.3) is 5.56 Å². The van der Waals surface area contributed by atoms with Gasteiger partial charge < -0.3 is 4.57 Å². The molecule has 0 N–H and O–H groups in total. The Morgan fingerprint density at radius 3 is 2.50 bits per heavy atom. The molecule has 0 unspecified atom stereocenters. The first-order valence-electron chi connectivity index (χ1n) is 6.18. The number of halogens is 1. The molecule has 3 aromatic rings. The number of para-hydroxylation sites is 1. The first-order chi connectivity index (χ1) is 9.66. The maximum Gasteiger partial charge on any atom is 0.251 e. The molecule has 100 valence electrons. The summed E-state index contributed by atoms with van der Waals surface area (Å²) in [6.07, 6.45) is 0. The predicted octanol–water partition coefficient (Wildman–Crippen LogP) is 3.83. The molecule has 0 spiro atoms. The van der Waals surface area contributed by atoms with Crippen molar-refractivity contribution in [2.24, 2.45) is 7.05 Å². The summed E-state index contributed by atoms with van der Waals surface area (Å²) in [7, 11) is 1.74. The monoisotopic (exact) mass is 285 g/mol. The highest BCUT2D eigenvalue weighted by Crippen LogP contribution is 2.33. The van der Waals surface area contributed by atoms with Crippen molar-refractivity contribution in [1.82, 2.24) is 4.57 Å². The van der Waals surface area contributed by atoms with Crippen LogP contribution in [0.25, 0.3) is 10.9 Å². The standard InChI is InChI=1S/C16H12FNOS/c1-18-13-8-4-2-6-11(13)15(10-16(18)19)20-14-9-5-3-7-12(14)17/h2-10H,1H3. The molecule has 0 radical (unpaired) electrons. The third-order valence-corrected chi connectivity index (χ3v) is 4.28. The summed E-state index contributed by atoms with van der Waals surface area (Å²) in [5.74, 6) is -0.276. The lowest BCUT2D eigenvalue weighted by molar-refractivity contribution is 0.602. The molecular weight excluding hydrogens is 273 g/mol. The van der Waals surface area contributed by atoms with Crippen molar-refractivity contribution >= 4 is 22.7 Å². The molecule has 0 aliphatic heterocycles. The summed E-state index contributed by atoms with van der Waals surface area (Å²) in [6, 6.07) is 15.8. The van der Waals surface area contributed by atoms with Gasteiger partial charge in [-0.25, -0.2) is 4.39 Å². The highest BCUT2D eigenvalue weighted by atomic mass is 32.2. The van der Waals surface area contributed by atoms with Crippen molar-refractivity contribution in [3.05, 3.63) is 70.8 Å². The van der Waals surface area contributed by atoms with Crippen LogP contribution in [0.5, 0.6) is 0 Å². The lowest BCUT2D eigenvalue weighted by Gasteiger charge is -2.10. The Kier molecular flexibility index (Phi) is 3.32. The van der Waals surface area contributed by atoms with E-state index >= 15 is 0 Å². The van der Waals surface area contributed by atoms with Crippen LogP contribution in [0.4, 0.5) is 4.39 Å². The van der Waals surface area contributed by atoms with Crippen LogP contribution in [0, 0.1) is 5.82 Å². The number of aromatic nitrogens is 1. The topological polar surface area (TPSA) is 22.0 Å². The van der Waals surface area contributed by atoms with E-state index in [-0.39, 0.29) is 11.4 Å². The van der Waals surface area contributed by atoms with Gasteiger partial charge in [0.15, 0.2) is 0 Å². The zero-order valence-electron chi connectivity index (χ0n) is 10.8. The predicted molar refractivity (Wildman–Crippen MR) is 79.7 cm³/mol. The average molecular weight is 285 g/mol. The minimum atomic E-state index is -0.276. The largest absolute Gasteiger partial charge is 0.311 e. The van der Waals surface area contributed by atoms with E-state index in [1.54, 1.807) is 35.9 Å². The van der Waals surface area contributed by atoms with Gasteiger partial charge in [-0.15, -0.1) is 0 Å². The second-order valence-electron chi connectivity index (χ2n) is 4.46. The molecule has 0 atom stereocenters. The molecule has 1 aromatic heterocycles. The molecule has 0 bridgehead atoms. The Morgan fingerprint density at radius 1 is 1.00 bits per heavy atom.